The maximum Gasteiger partial charge on any atom is 0.407 e. The number of halogens is 2. The molecule has 14 nitrogen and oxygen atoms in total. The number of likely N-dealkylation sites (tertiary alicyclic amines) is 1. The molecule has 0 bridgehead atoms. The highest BCUT2D eigenvalue weighted by atomic mass is 28.3. The van der Waals surface area contributed by atoms with E-state index in [2.05, 4.69) is 38.7 Å². The SMILES string of the molecule is COC(=O)N[C@H](C(=O)N1C[Si](C)(C)CC1c1ncc(-c2ccc(-c3ccc4c(ccc5nc([C@@H]6CC(F)(F)CN6C(=O)[C@@H](NC(=O)CO)C(C)C)[nH]c54)c3)cc2)[nH]1)C(C)C. The van der Waals surface area contributed by atoms with E-state index in [0.717, 1.165) is 44.1 Å². The number of alkyl halides is 2. The fraction of sp³-hybridized carbons (Fsp3) is 0.442. The van der Waals surface area contributed by atoms with Gasteiger partial charge in [-0.05, 0) is 52.1 Å². The number of H-pyrrole nitrogens is 2. The number of hydrogen-bond donors (Lipinski definition) is 5. The predicted molar refractivity (Wildman–Crippen MR) is 225 cm³/mol. The van der Waals surface area contributed by atoms with Crippen molar-refractivity contribution in [2.24, 2.45) is 11.8 Å². The molecule has 7 rings (SSSR count). The summed E-state index contributed by atoms with van der Waals surface area (Å²) in [4.78, 5) is 70.6. The molecule has 2 aliphatic heterocycles. The summed E-state index contributed by atoms with van der Waals surface area (Å²) in [7, 11) is -0.504. The van der Waals surface area contributed by atoms with E-state index in [1.54, 1.807) is 20.0 Å². The van der Waals surface area contributed by atoms with Gasteiger partial charge in [-0.3, -0.25) is 14.4 Å². The molecule has 17 heteroatoms. The van der Waals surface area contributed by atoms with Crippen molar-refractivity contribution in [3.8, 4) is 22.4 Å². The molecule has 2 aromatic heterocycles. The number of methoxy groups -OCH3 is 1. The van der Waals surface area contributed by atoms with Crippen LogP contribution in [0, 0.1) is 11.8 Å². The molecule has 1 unspecified atom stereocenters. The Labute approximate surface area is 347 Å². The summed E-state index contributed by atoms with van der Waals surface area (Å²) in [5.74, 6) is -4.34. The van der Waals surface area contributed by atoms with Crippen LogP contribution < -0.4 is 10.6 Å². The van der Waals surface area contributed by atoms with E-state index in [1.807, 2.05) is 73.3 Å². The molecule has 5 N–H and O–H groups in total. The summed E-state index contributed by atoms with van der Waals surface area (Å²) in [6, 6.07) is 15.5. The lowest BCUT2D eigenvalue weighted by atomic mass is 9.99. The Balaban J connectivity index is 1.11. The number of imidazole rings is 2. The van der Waals surface area contributed by atoms with Crippen LogP contribution in [0.1, 0.15) is 57.8 Å². The number of nitrogens with zero attached hydrogens (tertiary/aromatic N) is 4. The van der Waals surface area contributed by atoms with Crippen molar-refractivity contribution in [2.75, 3.05) is 26.4 Å². The Hall–Kier alpha value is -5.68. The van der Waals surface area contributed by atoms with Gasteiger partial charge in [-0.25, -0.2) is 23.5 Å². The Morgan fingerprint density at radius 3 is 2.20 bits per heavy atom. The van der Waals surface area contributed by atoms with E-state index in [0.29, 0.717) is 23.0 Å². The van der Waals surface area contributed by atoms with Crippen molar-refractivity contribution in [1.29, 1.82) is 0 Å². The zero-order valence-corrected chi connectivity index (χ0v) is 35.8. The van der Waals surface area contributed by atoms with Gasteiger partial charge >= 0.3 is 6.09 Å². The van der Waals surface area contributed by atoms with Crippen LogP contribution in [0.15, 0.2) is 60.8 Å². The number of aromatic amines is 2. The molecule has 4 amide bonds. The molecule has 318 valence electrons. The standard InChI is InChI=1S/C43H52F2N8O6Si/c1-23(2)35(49-34(55)19-54)40(56)52-21-43(44,45)17-32(52)39-47-30-15-13-28-16-27(12-14-29(28)37(30)50-39)25-8-10-26(11-9-25)31-18-46-38(48-31)33-20-60(6,7)22-53(33)41(57)36(24(3)4)51-42(58)59-5/h8-16,18,23-24,32-33,35-36,54H,17,19-22H2,1-7H3,(H,46,48)(H,47,50)(H,49,55)(H,51,58)/t32-,33?,35-,36-/m0/s1. The first-order chi connectivity index (χ1) is 28.4. The number of nitrogens with one attached hydrogen (secondary N) is 4. The second kappa shape index (κ2) is 16.4. The summed E-state index contributed by atoms with van der Waals surface area (Å²) < 4.78 is 34.7. The minimum Gasteiger partial charge on any atom is -0.453 e. The van der Waals surface area contributed by atoms with E-state index in [1.165, 1.54) is 7.11 Å². The van der Waals surface area contributed by atoms with Crippen LogP contribution in [-0.2, 0) is 19.1 Å². The van der Waals surface area contributed by atoms with E-state index in [-0.39, 0.29) is 23.7 Å². The van der Waals surface area contributed by atoms with Gasteiger partial charge in [-0.1, -0.05) is 83.3 Å². The second-order valence-electron chi connectivity index (χ2n) is 17.5. The number of benzene rings is 3. The molecule has 2 aliphatic rings. The number of aliphatic hydroxyl groups excluding tert-OH is 1. The average Bonchev–Trinajstić information content (AvgIpc) is 4.01. The fourth-order valence-corrected chi connectivity index (χ4v) is 11.4. The van der Waals surface area contributed by atoms with Crippen LogP contribution in [0.4, 0.5) is 13.6 Å². The molecule has 0 spiro atoms. The van der Waals surface area contributed by atoms with Crippen molar-refractivity contribution in [3.05, 3.63) is 72.4 Å². The molecule has 60 heavy (non-hydrogen) atoms. The molecular weight excluding hydrogens is 791 g/mol. The first-order valence-electron chi connectivity index (χ1n) is 20.2. The fourth-order valence-electron chi connectivity index (χ4n) is 8.49. The molecule has 4 heterocycles. The Morgan fingerprint density at radius 1 is 0.883 bits per heavy atom. The third kappa shape index (κ3) is 8.50. The third-order valence-corrected chi connectivity index (χ3v) is 14.3. The summed E-state index contributed by atoms with van der Waals surface area (Å²) in [6.07, 6.45) is 1.17. The maximum absolute atomic E-state index is 14.9. The van der Waals surface area contributed by atoms with Gasteiger partial charge in [0, 0.05) is 18.0 Å². The lowest BCUT2D eigenvalue weighted by Crippen LogP contribution is -2.52. The Kier molecular flexibility index (Phi) is 11.6. The summed E-state index contributed by atoms with van der Waals surface area (Å²) in [6.45, 7) is 10.1. The number of amides is 4. The quantitative estimate of drug-likeness (QED) is 0.0956. The van der Waals surface area contributed by atoms with Gasteiger partial charge in [0.05, 0.1) is 56.7 Å². The number of carbonyl (C=O) groups excluding carboxylic acids is 4. The second-order valence-corrected chi connectivity index (χ2v) is 22.5. The van der Waals surface area contributed by atoms with Crippen LogP contribution in [0.2, 0.25) is 19.1 Å². The van der Waals surface area contributed by atoms with Gasteiger partial charge in [0.2, 0.25) is 17.7 Å². The number of hydrogen-bond acceptors (Lipinski definition) is 8. The van der Waals surface area contributed by atoms with Gasteiger partial charge in [0.15, 0.2) is 0 Å². The Morgan fingerprint density at radius 2 is 1.53 bits per heavy atom. The van der Waals surface area contributed by atoms with Crippen LogP contribution >= 0.6 is 0 Å². The van der Waals surface area contributed by atoms with Crippen molar-refractivity contribution in [3.63, 3.8) is 0 Å². The van der Waals surface area contributed by atoms with E-state index in [4.69, 9.17) is 9.72 Å². The first-order valence-corrected chi connectivity index (χ1v) is 23.6. The number of rotatable bonds is 11. The lowest BCUT2D eigenvalue weighted by Gasteiger charge is -2.30. The molecule has 0 saturated carbocycles. The van der Waals surface area contributed by atoms with Gasteiger partial charge in [-0.2, -0.15) is 0 Å². The monoisotopic (exact) mass is 842 g/mol. The van der Waals surface area contributed by atoms with Crippen LogP contribution in [-0.4, -0.2) is 111 Å². The van der Waals surface area contributed by atoms with Crippen molar-refractivity contribution in [2.45, 2.75) is 83.3 Å². The average molecular weight is 843 g/mol. The van der Waals surface area contributed by atoms with E-state index >= 15 is 0 Å². The smallest absolute Gasteiger partial charge is 0.407 e. The highest BCUT2D eigenvalue weighted by molar-refractivity contribution is 6.78. The molecule has 4 atom stereocenters. The molecule has 5 aromatic rings. The zero-order valence-electron chi connectivity index (χ0n) is 34.8. The van der Waals surface area contributed by atoms with Crippen molar-refractivity contribution < 1.29 is 37.8 Å². The van der Waals surface area contributed by atoms with Gasteiger partial charge < -0.3 is 40.2 Å². The molecule has 0 radical (unpaired) electrons. The molecule has 2 fully saturated rings. The number of ether oxygens (including phenoxy) is 1. The highest BCUT2D eigenvalue weighted by Gasteiger charge is 2.50. The van der Waals surface area contributed by atoms with Crippen LogP contribution in [0.5, 0.6) is 0 Å². The number of fused-ring (bicyclic) bond motifs is 3. The van der Waals surface area contributed by atoms with Gasteiger partial charge in [0.25, 0.3) is 5.92 Å². The normalized spacial score (nSPS) is 19.6. The van der Waals surface area contributed by atoms with Crippen molar-refractivity contribution >= 4 is 53.7 Å². The van der Waals surface area contributed by atoms with Crippen LogP contribution in [0.3, 0.4) is 0 Å². The molecule has 3 aromatic carbocycles. The lowest BCUT2D eigenvalue weighted by molar-refractivity contribution is -0.140. The highest BCUT2D eigenvalue weighted by Crippen LogP contribution is 2.42. The van der Waals surface area contributed by atoms with E-state index < -0.39 is 75.5 Å². The summed E-state index contributed by atoms with van der Waals surface area (Å²) in [5.41, 5.74) is 4.89. The first kappa shape index (κ1) is 42.4. The van der Waals surface area contributed by atoms with Gasteiger partial charge in [-0.15, -0.1) is 0 Å². The topological polar surface area (TPSA) is 186 Å². The minimum absolute atomic E-state index is 0.139. The molecular formula is C43H52F2N8O6Si. The molecule has 2 saturated heterocycles. The molecule has 0 aliphatic carbocycles. The number of alkyl carbamates (subject to hydrolysis) is 1. The van der Waals surface area contributed by atoms with E-state index in [9.17, 15) is 33.1 Å². The van der Waals surface area contributed by atoms with Crippen LogP contribution in [0.25, 0.3) is 44.2 Å². The largest absolute Gasteiger partial charge is 0.453 e. The predicted octanol–water partition coefficient (Wildman–Crippen LogP) is 6.33. The maximum atomic E-state index is 14.9. The number of aliphatic hydroxyl groups is 1. The number of carbonyl (C=O) groups is 4. The summed E-state index contributed by atoms with van der Waals surface area (Å²) in [5, 5.41) is 16.2. The Bertz CT molecular complexity index is 2430. The van der Waals surface area contributed by atoms with Crippen molar-refractivity contribution in [1.82, 2.24) is 40.4 Å². The summed E-state index contributed by atoms with van der Waals surface area (Å²) >= 11 is 0. The number of aromatic nitrogens is 4. The zero-order chi connectivity index (χ0) is 43.3. The minimum atomic E-state index is -3.16. The van der Waals surface area contributed by atoms with Gasteiger partial charge in [0.1, 0.15) is 30.3 Å². The third-order valence-electron chi connectivity index (χ3n) is 11.6.